The molecule has 116 valence electrons. The largest absolute Gasteiger partial charge is 0.377 e. The minimum absolute atomic E-state index is 0. The fraction of sp³-hybridized carbons (Fsp3) is 0.846. The first kappa shape index (κ1) is 17.2. The molecule has 2 amide bonds. The molecule has 0 radical (unpaired) electrons. The summed E-state index contributed by atoms with van der Waals surface area (Å²) in [7, 11) is 1.66. The number of hydrogen-bond acceptors (Lipinski definition) is 4. The minimum atomic E-state index is -0.0718. The van der Waals surface area contributed by atoms with Gasteiger partial charge in [0.15, 0.2) is 0 Å². The van der Waals surface area contributed by atoms with E-state index in [1.54, 1.807) is 7.05 Å². The Bertz CT molecular complexity index is 331. The first-order valence-corrected chi connectivity index (χ1v) is 7.01. The van der Waals surface area contributed by atoms with Crippen LogP contribution in [-0.2, 0) is 14.3 Å². The third kappa shape index (κ3) is 6.07. The summed E-state index contributed by atoms with van der Waals surface area (Å²) in [6.07, 6.45) is 4.51. The molecule has 0 bridgehead atoms. The van der Waals surface area contributed by atoms with Crippen LogP contribution in [-0.4, -0.2) is 62.1 Å². The summed E-state index contributed by atoms with van der Waals surface area (Å²) in [6.45, 7) is 1.92. The van der Waals surface area contributed by atoms with Crippen LogP contribution in [0.1, 0.15) is 25.7 Å². The van der Waals surface area contributed by atoms with Crippen molar-refractivity contribution >= 4 is 24.2 Å². The lowest BCUT2D eigenvalue weighted by Gasteiger charge is -2.18. The highest BCUT2D eigenvalue weighted by atomic mass is 35.5. The van der Waals surface area contributed by atoms with Crippen LogP contribution in [0.2, 0.25) is 0 Å². The standard InChI is InChI=1S/C13H23N3O3.ClH/c1-16(9-12(17)15-10-4-5-10)13(18)8-14-7-11-3-2-6-19-11;/h10-11,14H,2-9H2,1H3,(H,15,17);1H. The van der Waals surface area contributed by atoms with E-state index in [0.717, 1.165) is 32.3 Å². The van der Waals surface area contributed by atoms with E-state index >= 15 is 0 Å². The molecular weight excluding hydrogens is 282 g/mol. The van der Waals surface area contributed by atoms with Gasteiger partial charge in [-0.3, -0.25) is 9.59 Å². The van der Waals surface area contributed by atoms with Crippen LogP contribution in [0.4, 0.5) is 0 Å². The Morgan fingerprint density at radius 2 is 2.05 bits per heavy atom. The first-order chi connectivity index (χ1) is 9.15. The van der Waals surface area contributed by atoms with Crippen LogP contribution in [0.15, 0.2) is 0 Å². The second kappa shape index (κ2) is 8.44. The highest BCUT2D eigenvalue weighted by Crippen LogP contribution is 2.18. The number of nitrogens with one attached hydrogen (secondary N) is 2. The van der Waals surface area contributed by atoms with Gasteiger partial charge in [0.1, 0.15) is 0 Å². The smallest absolute Gasteiger partial charge is 0.239 e. The molecule has 1 aliphatic heterocycles. The van der Waals surface area contributed by atoms with E-state index < -0.39 is 0 Å². The fourth-order valence-corrected chi connectivity index (χ4v) is 2.08. The summed E-state index contributed by atoms with van der Waals surface area (Å²) in [5.41, 5.74) is 0. The molecule has 2 N–H and O–H groups in total. The maximum Gasteiger partial charge on any atom is 0.239 e. The Hall–Kier alpha value is -0.850. The van der Waals surface area contributed by atoms with Crippen molar-refractivity contribution in [1.82, 2.24) is 15.5 Å². The van der Waals surface area contributed by atoms with Gasteiger partial charge in [0.2, 0.25) is 11.8 Å². The summed E-state index contributed by atoms with van der Waals surface area (Å²) in [5, 5.41) is 5.95. The van der Waals surface area contributed by atoms with Crippen molar-refractivity contribution in [2.24, 2.45) is 0 Å². The number of likely N-dealkylation sites (N-methyl/N-ethyl adjacent to an activating group) is 1. The molecule has 2 fully saturated rings. The molecule has 0 aromatic rings. The predicted octanol–water partition coefficient (Wildman–Crippen LogP) is -0.0862. The van der Waals surface area contributed by atoms with Gasteiger partial charge in [-0.1, -0.05) is 0 Å². The normalized spacial score (nSPS) is 21.1. The summed E-state index contributed by atoms with van der Waals surface area (Å²) in [4.78, 5) is 24.8. The number of amides is 2. The van der Waals surface area contributed by atoms with E-state index in [-0.39, 0.29) is 43.4 Å². The molecule has 0 spiro atoms. The quantitative estimate of drug-likeness (QED) is 0.690. The second-order valence-electron chi connectivity index (χ2n) is 5.36. The zero-order chi connectivity index (χ0) is 13.7. The van der Waals surface area contributed by atoms with Gasteiger partial charge in [0, 0.05) is 26.2 Å². The Balaban J connectivity index is 0.00000200. The van der Waals surface area contributed by atoms with Crippen LogP contribution >= 0.6 is 12.4 Å². The van der Waals surface area contributed by atoms with E-state index in [4.69, 9.17) is 4.74 Å². The van der Waals surface area contributed by atoms with E-state index in [1.807, 2.05) is 0 Å². The number of rotatable bonds is 7. The van der Waals surface area contributed by atoms with Gasteiger partial charge in [0.05, 0.1) is 19.2 Å². The van der Waals surface area contributed by atoms with Crippen LogP contribution < -0.4 is 10.6 Å². The molecular formula is C13H24ClN3O3. The highest BCUT2D eigenvalue weighted by molar-refractivity contribution is 5.86. The van der Waals surface area contributed by atoms with Gasteiger partial charge in [-0.25, -0.2) is 0 Å². The summed E-state index contributed by atoms with van der Waals surface area (Å²) < 4.78 is 5.46. The first-order valence-electron chi connectivity index (χ1n) is 7.01. The zero-order valence-corrected chi connectivity index (χ0v) is 12.7. The summed E-state index contributed by atoms with van der Waals surface area (Å²) in [5.74, 6) is -0.138. The lowest BCUT2D eigenvalue weighted by molar-refractivity contribution is -0.134. The third-order valence-electron chi connectivity index (χ3n) is 3.42. The average Bonchev–Trinajstić information content (AvgIpc) is 3.02. The molecule has 2 aliphatic rings. The van der Waals surface area contributed by atoms with Gasteiger partial charge < -0.3 is 20.3 Å². The predicted molar refractivity (Wildman–Crippen MR) is 77.9 cm³/mol. The maximum absolute atomic E-state index is 11.8. The lowest BCUT2D eigenvalue weighted by Crippen LogP contribution is -2.43. The molecule has 0 aromatic carbocycles. The molecule has 6 nitrogen and oxygen atoms in total. The van der Waals surface area contributed by atoms with Crippen molar-refractivity contribution in [3.05, 3.63) is 0 Å². The van der Waals surface area contributed by atoms with Crippen LogP contribution in [0.25, 0.3) is 0 Å². The van der Waals surface area contributed by atoms with Crippen molar-refractivity contribution in [3.63, 3.8) is 0 Å². The molecule has 0 aromatic heterocycles. The molecule has 2 rings (SSSR count). The topological polar surface area (TPSA) is 70.7 Å². The number of hydrogen-bond donors (Lipinski definition) is 2. The molecule has 20 heavy (non-hydrogen) atoms. The highest BCUT2D eigenvalue weighted by Gasteiger charge is 2.24. The number of nitrogens with zero attached hydrogens (tertiary/aromatic N) is 1. The Morgan fingerprint density at radius 3 is 2.65 bits per heavy atom. The average molecular weight is 306 g/mol. The Kier molecular flexibility index (Phi) is 7.26. The van der Waals surface area contributed by atoms with Gasteiger partial charge in [-0.2, -0.15) is 0 Å². The monoisotopic (exact) mass is 305 g/mol. The molecule has 7 heteroatoms. The van der Waals surface area contributed by atoms with Crippen molar-refractivity contribution < 1.29 is 14.3 Å². The zero-order valence-electron chi connectivity index (χ0n) is 11.9. The Morgan fingerprint density at radius 1 is 1.30 bits per heavy atom. The number of ether oxygens (including phenoxy) is 1. The fourth-order valence-electron chi connectivity index (χ4n) is 2.08. The number of carbonyl (C=O) groups excluding carboxylic acids is 2. The molecule has 1 saturated carbocycles. The van der Waals surface area contributed by atoms with Gasteiger partial charge >= 0.3 is 0 Å². The molecule has 1 saturated heterocycles. The van der Waals surface area contributed by atoms with E-state index in [0.29, 0.717) is 12.6 Å². The third-order valence-corrected chi connectivity index (χ3v) is 3.42. The van der Waals surface area contributed by atoms with Gasteiger partial charge in [-0.05, 0) is 25.7 Å². The maximum atomic E-state index is 11.8. The summed E-state index contributed by atoms with van der Waals surface area (Å²) >= 11 is 0. The summed E-state index contributed by atoms with van der Waals surface area (Å²) in [6, 6.07) is 0.341. The molecule has 1 heterocycles. The van der Waals surface area contributed by atoms with E-state index in [2.05, 4.69) is 10.6 Å². The minimum Gasteiger partial charge on any atom is -0.377 e. The van der Waals surface area contributed by atoms with E-state index in [9.17, 15) is 9.59 Å². The van der Waals surface area contributed by atoms with Gasteiger partial charge in [0.25, 0.3) is 0 Å². The molecule has 1 atom stereocenters. The van der Waals surface area contributed by atoms with E-state index in [1.165, 1.54) is 4.90 Å². The van der Waals surface area contributed by atoms with Crippen molar-refractivity contribution in [1.29, 1.82) is 0 Å². The van der Waals surface area contributed by atoms with Gasteiger partial charge in [-0.15, -0.1) is 12.4 Å². The number of halogens is 1. The van der Waals surface area contributed by atoms with Crippen LogP contribution in [0, 0.1) is 0 Å². The molecule has 1 unspecified atom stereocenters. The lowest BCUT2D eigenvalue weighted by atomic mass is 10.2. The van der Waals surface area contributed by atoms with Crippen LogP contribution in [0.5, 0.6) is 0 Å². The number of carbonyl (C=O) groups is 2. The Labute approximate surface area is 126 Å². The van der Waals surface area contributed by atoms with Crippen molar-refractivity contribution in [2.75, 3.05) is 33.3 Å². The van der Waals surface area contributed by atoms with Crippen molar-refractivity contribution in [2.45, 2.75) is 37.8 Å². The molecule has 1 aliphatic carbocycles. The van der Waals surface area contributed by atoms with Crippen molar-refractivity contribution in [3.8, 4) is 0 Å². The SMILES string of the molecule is CN(CC(=O)NC1CC1)C(=O)CNCC1CCCO1.Cl. The van der Waals surface area contributed by atoms with Crippen LogP contribution in [0.3, 0.4) is 0 Å². The second-order valence-corrected chi connectivity index (χ2v) is 5.36.